The summed E-state index contributed by atoms with van der Waals surface area (Å²) in [5.41, 5.74) is 14.0. The molecule has 89 heavy (non-hydrogen) atoms. The summed E-state index contributed by atoms with van der Waals surface area (Å²) < 4.78 is 63.8. The predicted molar refractivity (Wildman–Crippen MR) is 349 cm³/mol. The van der Waals surface area contributed by atoms with Crippen molar-refractivity contribution < 1.29 is 77.5 Å². The number of benzene rings is 4. The van der Waals surface area contributed by atoms with Crippen LogP contribution in [0.1, 0.15) is 54.4 Å². The molecule has 0 unspecified atom stereocenters. The number of aromatic amines is 1. The standard InChI is InChI=1S/C61H68ClIN11O6S2.CF3.2H2O.Sc/c62-47-11-7-44(8-12-47)54-21-24-61(63,43-71-30-34-73(35-31-71)51-17-20-56-55(39-51)58(67-66-56)74-27-23-57(75)65-60(74)77)40-46(54)41-70-28-32-72(33-29-70)50-15-9-45(10-16-50)59(76)68-82(78,79)53-18-13-48(14-19-53)64-49(42-81-52-5-2-1-3-6-52)22-26-69-25-4-37-80-38-36-69;2-1(3)4;;;/h2,5-13,15-20,39,49,64H,4,21-38,40-43H2,(H,66,67)(H,68,76)(H,65,75,77);;2*1H2;/q2*-1;;;/t49-,61+;;;;/m1..../s1. The number of carbonyl (C=O) groups excluding carboxylic acids is 3. The Kier molecular flexibility index (Phi) is 26.6. The van der Waals surface area contributed by atoms with E-state index in [0.717, 1.165) is 168 Å². The maximum absolute atomic E-state index is 13.5. The number of carbonyl (C=O) groups is 3. The fraction of sp³-hybridized carbons (Fsp3) is 0.403. The van der Waals surface area contributed by atoms with E-state index in [1.807, 2.05) is 48.6 Å². The van der Waals surface area contributed by atoms with Gasteiger partial charge in [0, 0.05) is 184 Å². The maximum Gasteiger partial charge on any atom is 0.329 e. The average Bonchev–Trinajstić information content (AvgIpc) is 2.22. The zero-order valence-corrected chi connectivity index (χ0v) is 55.4. The minimum Gasteiger partial charge on any atom is -0.412 e. The first-order valence-corrected chi connectivity index (χ1v) is 32.8. The number of ether oxygens (including phenoxy) is 1. The third kappa shape index (κ3) is 19.6. The Balaban J connectivity index is 0.00000156. The Morgan fingerprint density at radius 3 is 2.26 bits per heavy atom. The number of fused-ring (bicyclic) bond motifs is 1. The van der Waals surface area contributed by atoms with Crippen LogP contribution in [0.4, 0.5) is 40.8 Å². The van der Waals surface area contributed by atoms with Gasteiger partial charge >= 0.3 is 6.03 Å². The number of urea groups is 1. The molecule has 4 aromatic carbocycles. The van der Waals surface area contributed by atoms with E-state index in [2.05, 4.69) is 114 Å². The molecule has 11 rings (SSSR count). The van der Waals surface area contributed by atoms with Crippen LogP contribution in [0.15, 0.2) is 130 Å². The largest absolute Gasteiger partial charge is 0.412 e. The Hall–Kier alpha value is -5.32. The second-order valence-corrected chi connectivity index (χ2v) is 27.5. The molecule has 6 aliphatic rings. The number of aromatic nitrogens is 2. The second-order valence-electron chi connectivity index (χ2n) is 22.0. The summed E-state index contributed by atoms with van der Waals surface area (Å²) in [6.45, 7) is 10.4. The quantitative estimate of drug-likeness (QED) is 0.0263. The van der Waals surface area contributed by atoms with E-state index in [1.165, 1.54) is 33.7 Å². The maximum atomic E-state index is 13.5. The number of imide groups is 1. The van der Waals surface area contributed by atoms with Crippen LogP contribution >= 0.6 is 46.0 Å². The van der Waals surface area contributed by atoms with E-state index in [4.69, 9.17) is 16.3 Å². The normalized spacial score (nSPS) is 19.7. The van der Waals surface area contributed by atoms with E-state index < -0.39 is 28.6 Å². The summed E-state index contributed by atoms with van der Waals surface area (Å²) in [6, 6.07) is 29.1. The van der Waals surface area contributed by atoms with Crippen LogP contribution < -0.4 is 30.1 Å². The molecule has 2 aliphatic carbocycles. The Morgan fingerprint density at radius 2 is 1.57 bits per heavy atom. The molecule has 27 heteroatoms. The SMILES string of the molecule is F[C-](F)F.O.O.O=C1CCN(c2n[nH]c3ccc(N4CCN(C[C@]5(I)CCC(c6ccc(Cl)cc6)=C(CN6CCN(c7ccc(C(=O)NS(=O)(=O)c8c[c-]c(N[C@H](CCN9CCCOCC9)CSC9=CC=C=C=C9)cc8)cc7)CC6)C5)CC4)cc23)C(=O)N1.[Sc]. The number of allylic oxidation sites excluding steroid dienone is 4. The zero-order valence-electron chi connectivity index (χ0n) is 49.0. The molecule has 1 radical (unpaired) electrons. The number of hydrogen-bond acceptors (Lipinski definition) is 14. The Morgan fingerprint density at radius 1 is 0.865 bits per heavy atom. The number of H-pyrrole nitrogens is 1. The van der Waals surface area contributed by atoms with Gasteiger partial charge < -0.3 is 48.9 Å². The number of anilines is 4. The molecule has 475 valence electrons. The summed E-state index contributed by atoms with van der Waals surface area (Å²) >= 11 is 10.9. The number of alkyl halides is 1. The minimum atomic E-state index is -4.17. The Bertz CT molecular complexity index is 3500. The number of nitrogens with one attached hydrogen (secondary N) is 4. The van der Waals surface area contributed by atoms with E-state index in [9.17, 15) is 36.0 Å². The fourth-order valence-corrected chi connectivity index (χ4v) is 14.9. The molecule has 0 bridgehead atoms. The van der Waals surface area contributed by atoms with Gasteiger partial charge in [0.15, 0.2) is 12.5 Å². The van der Waals surface area contributed by atoms with E-state index in [1.54, 1.807) is 30.0 Å². The van der Waals surface area contributed by atoms with Crippen molar-refractivity contribution in [1.82, 2.24) is 34.9 Å². The van der Waals surface area contributed by atoms with Crippen molar-refractivity contribution in [2.24, 2.45) is 0 Å². The molecule has 5 heterocycles. The smallest absolute Gasteiger partial charge is 0.329 e. The molecular formula is C62H72ClF3IN11O8S2Sc-2. The van der Waals surface area contributed by atoms with Crippen LogP contribution in [-0.2, 0) is 45.4 Å². The molecular weight excluding hydrogens is 1360 g/mol. The van der Waals surface area contributed by atoms with Crippen LogP contribution in [0, 0.1) is 12.7 Å². The molecule has 4 aliphatic heterocycles. The first kappa shape index (κ1) is 71.1. The van der Waals surface area contributed by atoms with Crippen LogP contribution in [0.25, 0.3) is 16.5 Å². The van der Waals surface area contributed by atoms with Crippen molar-refractivity contribution in [3.8, 4) is 0 Å². The van der Waals surface area contributed by atoms with Crippen molar-refractivity contribution >= 4 is 113 Å². The first-order valence-electron chi connectivity index (χ1n) is 28.8. The van der Waals surface area contributed by atoms with Gasteiger partial charge in [-0.05, 0) is 115 Å². The summed E-state index contributed by atoms with van der Waals surface area (Å²) in [4.78, 5) is 52.9. The van der Waals surface area contributed by atoms with Crippen LogP contribution in [0.5, 0.6) is 0 Å². The number of amides is 4. The van der Waals surface area contributed by atoms with E-state index >= 15 is 0 Å². The molecule has 0 saturated carbocycles. The molecule has 4 saturated heterocycles. The van der Waals surface area contributed by atoms with Crippen molar-refractivity contribution in [2.75, 3.05) is 131 Å². The molecule has 1 aromatic heterocycles. The van der Waals surface area contributed by atoms with Gasteiger partial charge in [-0.3, -0.25) is 39.4 Å². The Labute approximate surface area is 558 Å². The molecule has 19 nitrogen and oxygen atoms in total. The topological polar surface area (TPSA) is 242 Å². The van der Waals surface area contributed by atoms with E-state index in [-0.39, 0.29) is 69.0 Å². The summed E-state index contributed by atoms with van der Waals surface area (Å²) in [5.74, 6) is 0.366. The number of nitrogens with zero attached hydrogens (tertiary/aromatic N) is 7. The first-order chi connectivity index (χ1) is 41.5. The van der Waals surface area contributed by atoms with Crippen molar-refractivity contribution in [1.29, 1.82) is 0 Å². The molecule has 0 spiro atoms. The van der Waals surface area contributed by atoms with Crippen LogP contribution in [0.3, 0.4) is 0 Å². The number of piperazine rings is 2. The summed E-state index contributed by atoms with van der Waals surface area (Å²) in [5, 5.41) is 15.1. The fourth-order valence-electron chi connectivity index (χ4n) is 11.7. The number of halogens is 5. The molecule has 8 N–H and O–H groups in total. The van der Waals surface area contributed by atoms with Crippen molar-refractivity contribution in [3.05, 3.63) is 154 Å². The summed E-state index contributed by atoms with van der Waals surface area (Å²) in [7, 11) is -4.17. The van der Waals surface area contributed by atoms with Gasteiger partial charge in [-0.15, -0.1) is 17.8 Å². The minimum absolute atomic E-state index is 0. The van der Waals surface area contributed by atoms with Crippen LogP contribution in [0.2, 0.25) is 5.02 Å². The van der Waals surface area contributed by atoms with Gasteiger partial charge in [0.25, 0.3) is 5.91 Å². The van der Waals surface area contributed by atoms with Crippen molar-refractivity contribution in [2.45, 2.75) is 52.9 Å². The van der Waals surface area contributed by atoms with Gasteiger partial charge in [0.05, 0.1) is 12.1 Å². The number of sulfonamides is 1. The third-order valence-electron chi connectivity index (χ3n) is 16.2. The van der Waals surface area contributed by atoms with E-state index in [0.29, 0.717) is 18.1 Å². The number of hydrogen-bond donors (Lipinski definition) is 4. The van der Waals surface area contributed by atoms with Gasteiger partial charge in [-0.1, -0.05) is 69.0 Å². The molecule has 2 atom stereocenters. The predicted octanol–water partition coefficient (Wildman–Crippen LogP) is 8.42. The van der Waals surface area contributed by atoms with Gasteiger partial charge in [-0.25, -0.2) is 13.2 Å². The molecule has 5 aromatic rings. The van der Waals surface area contributed by atoms with Gasteiger partial charge in [0.1, 0.15) is 0 Å². The number of thioether (sulfide) groups is 1. The monoisotopic (exact) mass is 1430 g/mol. The third-order valence-corrected chi connectivity index (χ3v) is 20.2. The zero-order chi connectivity index (χ0) is 60.2. The van der Waals surface area contributed by atoms with Crippen molar-refractivity contribution in [3.63, 3.8) is 0 Å². The van der Waals surface area contributed by atoms with Gasteiger partial charge in [0.2, 0.25) is 15.9 Å². The average molecular weight is 1430 g/mol. The number of rotatable bonds is 19. The van der Waals surface area contributed by atoms with Gasteiger partial charge in [-0.2, -0.15) is 23.3 Å². The molecule has 4 fully saturated rings. The molecule has 4 amide bonds. The second kappa shape index (κ2) is 33.3. The summed E-state index contributed by atoms with van der Waals surface area (Å²) in [6.07, 6.45) is 11.0. The van der Waals surface area contributed by atoms with Crippen LogP contribution in [-0.4, -0.2) is 182 Å².